The van der Waals surface area contributed by atoms with Crippen LogP contribution in [0.1, 0.15) is 10.4 Å². The number of carbonyl (C=O) groups is 1. The van der Waals surface area contributed by atoms with E-state index in [1.54, 1.807) is 30.5 Å². The molecule has 5 rings (SSSR count). The molecule has 4 heterocycles. The van der Waals surface area contributed by atoms with E-state index in [0.717, 1.165) is 25.2 Å². The van der Waals surface area contributed by atoms with Crippen LogP contribution in [0.4, 0.5) is 23.1 Å². The standard InChI is InChI=1S/C25H35N7O5SSi/c1-39(2)15-9-30(10-16-39)21-17-19(29-38(35,36)14-11-33)3-4-20(21)24(34)27-22-18-23-26-5-6-32(23)25(28-22)31-7-12-37-13-8-31/h3-6,17-18,29,33H,7-16H2,1-2H3,(H,27,34). The fraction of sp³-hybridized carbons (Fsp3) is 0.480. The third-order valence-electron chi connectivity index (χ3n) is 7.24. The Kier molecular flexibility index (Phi) is 7.80. The smallest absolute Gasteiger partial charge is 0.258 e. The molecule has 1 amide bonds. The van der Waals surface area contributed by atoms with Crippen molar-refractivity contribution in [3.8, 4) is 0 Å². The summed E-state index contributed by atoms with van der Waals surface area (Å²) in [4.78, 5) is 27.1. The van der Waals surface area contributed by atoms with Gasteiger partial charge in [-0.1, -0.05) is 13.1 Å². The monoisotopic (exact) mass is 573 g/mol. The lowest BCUT2D eigenvalue weighted by atomic mass is 10.1. The van der Waals surface area contributed by atoms with Gasteiger partial charge >= 0.3 is 0 Å². The second kappa shape index (κ2) is 11.1. The maximum absolute atomic E-state index is 13.7. The maximum atomic E-state index is 13.7. The molecule has 2 aliphatic heterocycles. The van der Waals surface area contributed by atoms with E-state index in [9.17, 15) is 13.2 Å². The highest BCUT2D eigenvalue weighted by Crippen LogP contribution is 2.32. The van der Waals surface area contributed by atoms with E-state index in [-0.39, 0.29) is 5.91 Å². The van der Waals surface area contributed by atoms with Gasteiger partial charge in [0.1, 0.15) is 11.5 Å². The van der Waals surface area contributed by atoms with Crippen molar-refractivity contribution < 1.29 is 23.1 Å². The number of nitrogens with one attached hydrogen (secondary N) is 2. The zero-order chi connectivity index (χ0) is 27.6. The van der Waals surface area contributed by atoms with Crippen molar-refractivity contribution in [3.05, 3.63) is 42.2 Å². The molecule has 3 aromatic rings. The van der Waals surface area contributed by atoms with Crippen molar-refractivity contribution in [1.82, 2.24) is 14.4 Å². The summed E-state index contributed by atoms with van der Waals surface area (Å²) in [6, 6.07) is 8.79. The molecule has 39 heavy (non-hydrogen) atoms. The minimum Gasteiger partial charge on any atom is -0.395 e. The summed E-state index contributed by atoms with van der Waals surface area (Å²) in [5.41, 5.74) is 2.11. The van der Waals surface area contributed by atoms with Crippen LogP contribution in [0.3, 0.4) is 0 Å². The number of amides is 1. The zero-order valence-electron chi connectivity index (χ0n) is 22.3. The Morgan fingerprint density at radius 1 is 1.10 bits per heavy atom. The number of nitrogens with zero attached hydrogens (tertiary/aromatic N) is 5. The third kappa shape index (κ3) is 6.35. The Bertz CT molecular complexity index is 1450. The first kappa shape index (κ1) is 27.4. The summed E-state index contributed by atoms with van der Waals surface area (Å²) in [5.74, 6) is 0.321. The van der Waals surface area contributed by atoms with Gasteiger partial charge in [0.15, 0.2) is 0 Å². The van der Waals surface area contributed by atoms with Crippen molar-refractivity contribution in [3.63, 3.8) is 0 Å². The highest BCUT2D eigenvalue weighted by atomic mass is 32.2. The second-order valence-electron chi connectivity index (χ2n) is 10.7. The molecule has 14 heteroatoms. The number of ether oxygens (including phenoxy) is 1. The lowest BCUT2D eigenvalue weighted by Crippen LogP contribution is -2.43. The number of aromatic nitrogens is 3. The van der Waals surface area contributed by atoms with Gasteiger partial charge in [-0.3, -0.25) is 13.9 Å². The van der Waals surface area contributed by atoms with Crippen molar-refractivity contribution in [2.75, 3.05) is 71.6 Å². The van der Waals surface area contributed by atoms with Gasteiger partial charge in [-0.15, -0.1) is 0 Å². The van der Waals surface area contributed by atoms with Gasteiger partial charge in [0, 0.05) is 44.6 Å². The number of aliphatic hydroxyl groups is 1. The topological polar surface area (TPSA) is 141 Å². The van der Waals surface area contributed by atoms with E-state index < -0.39 is 30.5 Å². The lowest BCUT2D eigenvalue weighted by molar-refractivity contribution is 0.102. The van der Waals surface area contributed by atoms with Gasteiger partial charge in [-0.25, -0.2) is 13.4 Å². The van der Waals surface area contributed by atoms with Crippen LogP contribution in [0, 0.1) is 0 Å². The fourth-order valence-corrected chi connectivity index (χ4v) is 7.72. The highest BCUT2D eigenvalue weighted by molar-refractivity contribution is 7.92. The molecule has 0 spiro atoms. The number of rotatable bonds is 8. The van der Waals surface area contributed by atoms with Crippen LogP contribution in [-0.4, -0.2) is 93.6 Å². The first-order valence-corrected chi connectivity index (χ1v) is 18.2. The van der Waals surface area contributed by atoms with Crippen LogP contribution in [0.5, 0.6) is 0 Å². The maximum Gasteiger partial charge on any atom is 0.258 e. The van der Waals surface area contributed by atoms with E-state index in [4.69, 9.17) is 14.8 Å². The average molecular weight is 574 g/mol. The Labute approximate surface area is 229 Å². The Balaban J connectivity index is 1.46. The summed E-state index contributed by atoms with van der Waals surface area (Å²) in [5, 5.41) is 12.1. The number of imidazole rings is 1. The van der Waals surface area contributed by atoms with Crippen LogP contribution < -0.4 is 19.8 Å². The quantitative estimate of drug-likeness (QED) is 0.345. The Morgan fingerprint density at radius 2 is 1.85 bits per heavy atom. The van der Waals surface area contributed by atoms with Gasteiger partial charge in [0.25, 0.3) is 5.91 Å². The molecule has 2 aromatic heterocycles. The molecular weight excluding hydrogens is 538 g/mol. The number of anilines is 4. The van der Waals surface area contributed by atoms with Gasteiger partial charge in [-0.05, 0) is 30.3 Å². The number of sulfonamides is 1. The largest absolute Gasteiger partial charge is 0.395 e. The lowest BCUT2D eigenvalue weighted by Gasteiger charge is -2.38. The van der Waals surface area contributed by atoms with Gasteiger partial charge in [0.2, 0.25) is 16.0 Å². The second-order valence-corrected chi connectivity index (χ2v) is 17.8. The Morgan fingerprint density at radius 3 is 2.56 bits per heavy atom. The van der Waals surface area contributed by atoms with Crippen molar-refractivity contribution in [2.45, 2.75) is 25.2 Å². The molecule has 2 saturated heterocycles. The summed E-state index contributed by atoms with van der Waals surface area (Å²) in [6.45, 7) is 8.41. The number of hydrogen-bond acceptors (Lipinski definition) is 9. The summed E-state index contributed by atoms with van der Waals surface area (Å²) in [7, 11) is -5.00. The van der Waals surface area contributed by atoms with Crippen LogP contribution in [0.15, 0.2) is 36.7 Å². The number of morpholine rings is 1. The van der Waals surface area contributed by atoms with Crippen molar-refractivity contribution in [1.29, 1.82) is 0 Å². The van der Waals surface area contributed by atoms with E-state index in [0.29, 0.717) is 60.7 Å². The minimum absolute atomic E-state index is 0.340. The molecule has 0 saturated carbocycles. The number of fused-ring (bicyclic) bond motifs is 1. The Hall–Kier alpha value is -3.20. The summed E-state index contributed by atoms with van der Waals surface area (Å²) in [6.07, 6.45) is 3.54. The molecule has 0 atom stereocenters. The molecule has 1 aromatic carbocycles. The molecule has 0 bridgehead atoms. The number of hydrogen-bond donors (Lipinski definition) is 3. The zero-order valence-corrected chi connectivity index (χ0v) is 24.1. The van der Waals surface area contributed by atoms with Crippen molar-refractivity contribution >= 4 is 52.8 Å². The number of benzene rings is 1. The van der Waals surface area contributed by atoms with E-state index in [1.165, 1.54) is 0 Å². The fourth-order valence-electron chi connectivity index (χ4n) is 4.89. The number of aliphatic hydroxyl groups excluding tert-OH is 1. The van der Waals surface area contributed by atoms with E-state index >= 15 is 0 Å². The molecule has 0 aliphatic carbocycles. The van der Waals surface area contributed by atoms with Gasteiger partial charge in [-0.2, -0.15) is 4.98 Å². The SMILES string of the molecule is C[Si]1(C)CCN(c2cc(NS(=O)(=O)CCO)ccc2C(=O)Nc2cc3nccn3c(N3CCOCC3)n2)CC1. The predicted octanol–water partition coefficient (Wildman–Crippen LogP) is 2.08. The van der Waals surface area contributed by atoms with Crippen LogP contribution in [0.2, 0.25) is 25.2 Å². The number of carbonyl (C=O) groups excluding carboxylic acids is 1. The predicted molar refractivity (Wildman–Crippen MR) is 154 cm³/mol. The van der Waals surface area contributed by atoms with Crippen LogP contribution >= 0.6 is 0 Å². The molecule has 0 radical (unpaired) electrons. The summed E-state index contributed by atoms with van der Waals surface area (Å²) >= 11 is 0. The molecule has 2 aliphatic rings. The molecular formula is C25H35N7O5SSi. The van der Waals surface area contributed by atoms with Crippen LogP contribution in [-0.2, 0) is 14.8 Å². The minimum atomic E-state index is -3.71. The van der Waals surface area contributed by atoms with E-state index in [1.807, 2.05) is 10.6 Å². The molecule has 2 fully saturated rings. The molecule has 12 nitrogen and oxygen atoms in total. The first-order chi connectivity index (χ1) is 18.6. The molecule has 3 N–H and O–H groups in total. The van der Waals surface area contributed by atoms with Crippen molar-refractivity contribution in [2.24, 2.45) is 0 Å². The molecule has 210 valence electrons. The summed E-state index contributed by atoms with van der Waals surface area (Å²) < 4.78 is 34.5. The van der Waals surface area contributed by atoms with Gasteiger partial charge < -0.3 is 25.0 Å². The average Bonchev–Trinajstić information content (AvgIpc) is 3.37. The first-order valence-electron chi connectivity index (χ1n) is 13.1. The van der Waals surface area contributed by atoms with Gasteiger partial charge in [0.05, 0.1) is 50.6 Å². The van der Waals surface area contributed by atoms with E-state index in [2.05, 4.69) is 37.9 Å². The molecule has 0 unspecified atom stereocenters. The van der Waals surface area contributed by atoms with Crippen LogP contribution in [0.25, 0.3) is 5.65 Å². The normalized spacial score (nSPS) is 17.8. The highest BCUT2D eigenvalue weighted by Gasteiger charge is 2.29. The third-order valence-corrected chi connectivity index (χ3v) is 11.7.